The summed E-state index contributed by atoms with van der Waals surface area (Å²) in [4.78, 5) is 22.0. The lowest BCUT2D eigenvalue weighted by atomic mass is 10.0. The minimum absolute atomic E-state index is 0.0863. The average molecular weight is 383 g/mol. The van der Waals surface area contributed by atoms with Crippen LogP contribution in [0.1, 0.15) is 40.4 Å². The molecule has 0 bridgehead atoms. The van der Waals surface area contributed by atoms with Gasteiger partial charge >= 0.3 is 5.97 Å². The van der Waals surface area contributed by atoms with E-state index in [9.17, 15) is 9.90 Å². The van der Waals surface area contributed by atoms with Crippen molar-refractivity contribution in [1.82, 2.24) is 4.90 Å². The van der Waals surface area contributed by atoms with Crippen molar-refractivity contribution in [3.05, 3.63) is 71.3 Å². The number of morpholine rings is 1. The lowest BCUT2D eigenvalue weighted by Gasteiger charge is -2.38. The van der Waals surface area contributed by atoms with Gasteiger partial charge in [0.1, 0.15) is 0 Å². The fourth-order valence-corrected chi connectivity index (χ4v) is 3.63. The standard InChI is InChI=1S/C21H23NO3.CH2O2/c23-21(24)18-8-4-5-15(11-18)12-22-13-19(16-6-2-1-3-7-16)25-20(14-22)17-9-10-17;2-1-3/h1-8,11,17,19-20H,9-10,12-14H2,(H,23,24);1H,(H,2,3)/t19-,20+;/m0./s1. The Morgan fingerprint density at radius 3 is 2.46 bits per heavy atom. The van der Waals surface area contributed by atoms with Gasteiger partial charge in [-0.25, -0.2) is 4.79 Å². The lowest BCUT2D eigenvalue weighted by Crippen LogP contribution is -2.44. The first-order chi connectivity index (χ1) is 13.6. The van der Waals surface area contributed by atoms with Crippen molar-refractivity contribution in [3.8, 4) is 0 Å². The number of rotatable bonds is 5. The number of carboxylic acid groups (broad SMARTS) is 2. The van der Waals surface area contributed by atoms with Crippen LogP contribution in [0.15, 0.2) is 54.6 Å². The maximum Gasteiger partial charge on any atom is 0.335 e. The summed E-state index contributed by atoms with van der Waals surface area (Å²) in [5.74, 6) is -0.193. The Labute approximate surface area is 164 Å². The van der Waals surface area contributed by atoms with E-state index in [0.29, 0.717) is 11.5 Å². The fraction of sp³-hybridized carbons (Fsp3) is 0.364. The third kappa shape index (κ3) is 5.41. The van der Waals surface area contributed by atoms with Crippen molar-refractivity contribution in [1.29, 1.82) is 0 Å². The molecule has 2 N–H and O–H groups in total. The van der Waals surface area contributed by atoms with E-state index in [1.165, 1.54) is 18.4 Å². The van der Waals surface area contributed by atoms with Gasteiger partial charge in [0.15, 0.2) is 0 Å². The van der Waals surface area contributed by atoms with Gasteiger partial charge in [-0.15, -0.1) is 0 Å². The summed E-state index contributed by atoms with van der Waals surface area (Å²) < 4.78 is 6.39. The smallest absolute Gasteiger partial charge is 0.335 e. The van der Waals surface area contributed by atoms with E-state index >= 15 is 0 Å². The van der Waals surface area contributed by atoms with Crippen LogP contribution in [0.4, 0.5) is 0 Å². The quantitative estimate of drug-likeness (QED) is 0.769. The molecular formula is C22H25NO5. The van der Waals surface area contributed by atoms with E-state index in [0.717, 1.165) is 25.2 Å². The number of nitrogens with zero attached hydrogens (tertiary/aromatic N) is 1. The molecule has 1 aliphatic heterocycles. The van der Waals surface area contributed by atoms with Crippen LogP contribution in [0.25, 0.3) is 0 Å². The van der Waals surface area contributed by atoms with Crippen LogP contribution in [0.2, 0.25) is 0 Å². The summed E-state index contributed by atoms with van der Waals surface area (Å²) in [6.07, 6.45) is 2.88. The van der Waals surface area contributed by atoms with Crippen molar-refractivity contribution in [2.45, 2.75) is 31.6 Å². The second-order valence-electron chi connectivity index (χ2n) is 7.22. The van der Waals surface area contributed by atoms with Crippen LogP contribution in [0, 0.1) is 5.92 Å². The highest BCUT2D eigenvalue weighted by Crippen LogP contribution is 2.39. The zero-order chi connectivity index (χ0) is 19.9. The third-order valence-corrected chi connectivity index (χ3v) is 5.10. The van der Waals surface area contributed by atoms with Gasteiger partial charge in [0.25, 0.3) is 6.47 Å². The van der Waals surface area contributed by atoms with Crippen molar-refractivity contribution in [2.24, 2.45) is 5.92 Å². The molecule has 2 aliphatic rings. The minimum Gasteiger partial charge on any atom is -0.483 e. The maximum atomic E-state index is 11.2. The van der Waals surface area contributed by atoms with Gasteiger partial charge in [0.2, 0.25) is 0 Å². The third-order valence-electron chi connectivity index (χ3n) is 5.10. The highest BCUT2D eigenvalue weighted by Gasteiger charge is 2.38. The molecule has 1 aliphatic carbocycles. The molecule has 2 atom stereocenters. The SMILES string of the molecule is O=C(O)c1cccc(CN2C[C@@H](c3ccccc3)O[C@@H](C3CC3)C2)c1.O=CO. The Morgan fingerprint density at radius 2 is 1.82 bits per heavy atom. The largest absolute Gasteiger partial charge is 0.483 e. The summed E-state index contributed by atoms with van der Waals surface area (Å²) in [5, 5.41) is 16.1. The molecule has 0 amide bonds. The van der Waals surface area contributed by atoms with Crippen molar-refractivity contribution in [2.75, 3.05) is 13.1 Å². The monoisotopic (exact) mass is 383 g/mol. The van der Waals surface area contributed by atoms with Gasteiger partial charge in [-0.05, 0) is 42.0 Å². The second-order valence-corrected chi connectivity index (χ2v) is 7.22. The predicted octanol–water partition coefficient (Wildman–Crippen LogP) is 3.44. The Kier molecular flexibility index (Phi) is 6.79. The fourth-order valence-electron chi connectivity index (χ4n) is 3.63. The molecule has 6 heteroatoms. The first kappa shape index (κ1) is 20.0. The van der Waals surface area contributed by atoms with E-state index in [1.807, 2.05) is 18.2 Å². The Balaban J connectivity index is 0.000000706. The van der Waals surface area contributed by atoms with Crippen molar-refractivity contribution < 1.29 is 24.5 Å². The summed E-state index contributed by atoms with van der Waals surface area (Å²) in [6.45, 7) is 2.27. The maximum absolute atomic E-state index is 11.2. The first-order valence-electron chi connectivity index (χ1n) is 9.43. The number of hydrogen-bond donors (Lipinski definition) is 2. The van der Waals surface area contributed by atoms with Gasteiger partial charge in [-0.1, -0.05) is 42.5 Å². The number of aromatic carboxylic acids is 1. The van der Waals surface area contributed by atoms with Crippen LogP contribution in [0.5, 0.6) is 0 Å². The molecular weight excluding hydrogens is 358 g/mol. The average Bonchev–Trinajstić information content (AvgIpc) is 3.55. The molecule has 2 aromatic rings. The van der Waals surface area contributed by atoms with Crippen LogP contribution in [0.3, 0.4) is 0 Å². The Bertz CT molecular complexity index is 791. The van der Waals surface area contributed by atoms with E-state index in [2.05, 4.69) is 29.2 Å². The number of carboxylic acids is 1. The van der Waals surface area contributed by atoms with Crippen molar-refractivity contribution in [3.63, 3.8) is 0 Å². The first-order valence-corrected chi connectivity index (χ1v) is 9.43. The predicted molar refractivity (Wildman–Crippen MR) is 104 cm³/mol. The van der Waals surface area contributed by atoms with Crippen LogP contribution >= 0.6 is 0 Å². The van der Waals surface area contributed by atoms with E-state index in [-0.39, 0.29) is 18.7 Å². The lowest BCUT2D eigenvalue weighted by molar-refractivity contribution is -0.122. The topological polar surface area (TPSA) is 87.1 Å². The Hall–Kier alpha value is -2.70. The number of ether oxygens (including phenoxy) is 1. The van der Waals surface area contributed by atoms with Gasteiger partial charge in [0.05, 0.1) is 17.8 Å². The molecule has 0 radical (unpaired) electrons. The zero-order valence-corrected chi connectivity index (χ0v) is 15.6. The van der Waals surface area contributed by atoms with Gasteiger partial charge in [0, 0.05) is 19.6 Å². The molecule has 28 heavy (non-hydrogen) atoms. The summed E-state index contributed by atoms with van der Waals surface area (Å²) in [7, 11) is 0. The summed E-state index contributed by atoms with van der Waals surface area (Å²) in [6, 6.07) is 17.6. The number of hydrogen-bond acceptors (Lipinski definition) is 4. The molecule has 148 valence electrons. The molecule has 4 rings (SSSR count). The van der Waals surface area contributed by atoms with Crippen LogP contribution in [-0.4, -0.2) is 46.7 Å². The summed E-state index contributed by atoms with van der Waals surface area (Å²) in [5.41, 5.74) is 2.62. The molecule has 0 spiro atoms. The molecule has 2 aromatic carbocycles. The van der Waals surface area contributed by atoms with E-state index < -0.39 is 5.97 Å². The molecule has 0 aromatic heterocycles. The molecule has 1 heterocycles. The molecule has 1 saturated carbocycles. The van der Waals surface area contributed by atoms with Crippen molar-refractivity contribution >= 4 is 12.4 Å². The molecule has 2 fully saturated rings. The molecule has 0 unspecified atom stereocenters. The number of carbonyl (C=O) groups is 2. The van der Waals surface area contributed by atoms with E-state index in [4.69, 9.17) is 14.6 Å². The highest BCUT2D eigenvalue weighted by atomic mass is 16.5. The highest BCUT2D eigenvalue weighted by molar-refractivity contribution is 5.87. The van der Waals surface area contributed by atoms with Gasteiger partial charge < -0.3 is 14.9 Å². The van der Waals surface area contributed by atoms with Gasteiger partial charge in [-0.3, -0.25) is 9.69 Å². The van der Waals surface area contributed by atoms with Gasteiger partial charge in [-0.2, -0.15) is 0 Å². The summed E-state index contributed by atoms with van der Waals surface area (Å²) >= 11 is 0. The molecule has 1 saturated heterocycles. The minimum atomic E-state index is -0.873. The van der Waals surface area contributed by atoms with Crippen LogP contribution in [-0.2, 0) is 16.1 Å². The number of benzene rings is 2. The second kappa shape index (κ2) is 9.48. The van der Waals surface area contributed by atoms with Crippen LogP contribution < -0.4 is 0 Å². The zero-order valence-electron chi connectivity index (χ0n) is 15.6. The molecule has 6 nitrogen and oxygen atoms in total. The van der Waals surface area contributed by atoms with E-state index in [1.54, 1.807) is 12.1 Å². The Morgan fingerprint density at radius 1 is 1.11 bits per heavy atom. The normalized spacial score (nSPS) is 22.0.